The predicted octanol–water partition coefficient (Wildman–Crippen LogP) is 3.42. The third kappa shape index (κ3) is 2.67. The number of hydrogen-bond donors (Lipinski definition) is 2. The van der Waals surface area contributed by atoms with E-state index in [0.29, 0.717) is 10.8 Å². The Bertz CT molecular complexity index is 486. The van der Waals surface area contributed by atoms with E-state index in [4.69, 9.17) is 21.1 Å². The van der Waals surface area contributed by atoms with E-state index in [1.807, 2.05) is 6.07 Å². The third-order valence-corrected chi connectivity index (χ3v) is 4.68. The number of anilines is 1. The summed E-state index contributed by atoms with van der Waals surface area (Å²) in [5.41, 5.74) is 0.826. The second-order valence-electron chi connectivity index (χ2n) is 5.76. The van der Waals surface area contributed by atoms with Crippen molar-refractivity contribution in [3.8, 4) is 11.5 Å². The molecule has 0 amide bonds. The van der Waals surface area contributed by atoms with Gasteiger partial charge in [0.05, 0.1) is 17.3 Å². The monoisotopic (exact) mass is 297 g/mol. The van der Waals surface area contributed by atoms with Gasteiger partial charge in [0.15, 0.2) is 11.5 Å². The molecule has 5 heteroatoms. The lowest BCUT2D eigenvalue weighted by molar-refractivity contribution is 0.0944. The van der Waals surface area contributed by atoms with Crippen molar-refractivity contribution >= 4 is 17.3 Å². The van der Waals surface area contributed by atoms with Gasteiger partial charge in [-0.15, -0.1) is 0 Å². The van der Waals surface area contributed by atoms with Crippen molar-refractivity contribution < 1.29 is 14.6 Å². The molecule has 1 heterocycles. The van der Waals surface area contributed by atoms with Crippen LogP contribution >= 0.6 is 11.6 Å². The van der Waals surface area contributed by atoms with Crippen LogP contribution in [-0.4, -0.2) is 25.1 Å². The molecule has 0 bridgehead atoms. The number of benzene rings is 1. The molecular weight excluding hydrogens is 278 g/mol. The van der Waals surface area contributed by atoms with Crippen LogP contribution in [0.3, 0.4) is 0 Å². The number of fused-ring (bicyclic) bond motifs is 1. The minimum absolute atomic E-state index is 0.0159. The normalized spacial score (nSPS) is 19.9. The molecule has 4 nitrogen and oxygen atoms in total. The average Bonchev–Trinajstić information content (AvgIpc) is 2.93. The second kappa shape index (κ2) is 5.70. The van der Waals surface area contributed by atoms with Gasteiger partial charge in [0.2, 0.25) is 6.79 Å². The van der Waals surface area contributed by atoms with Gasteiger partial charge in [-0.25, -0.2) is 0 Å². The maximum absolute atomic E-state index is 9.73. The number of ether oxygens (including phenoxy) is 2. The number of aliphatic hydroxyl groups is 1. The maximum Gasteiger partial charge on any atom is 0.231 e. The Hall–Kier alpha value is -1.13. The van der Waals surface area contributed by atoms with Crippen molar-refractivity contribution in [2.24, 2.45) is 5.41 Å². The highest BCUT2D eigenvalue weighted by Gasteiger charge is 2.31. The molecule has 1 aromatic carbocycles. The number of rotatable bonds is 4. The summed E-state index contributed by atoms with van der Waals surface area (Å²) in [4.78, 5) is 0. The van der Waals surface area contributed by atoms with Gasteiger partial charge >= 0.3 is 0 Å². The van der Waals surface area contributed by atoms with Gasteiger partial charge in [0.25, 0.3) is 0 Å². The number of hydrogen-bond acceptors (Lipinski definition) is 4. The molecule has 1 aliphatic heterocycles. The summed E-state index contributed by atoms with van der Waals surface area (Å²) in [7, 11) is 0. The number of halogens is 1. The highest BCUT2D eigenvalue weighted by atomic mass is 35.5. The van der Waals surface area contributed by atoms with E-state index in [2.05, 4.69) is 5.32 Å². The standard InChI is InChI=1S/C15H20ClNO3/c16-11-6-13-14(20-10-19-13)7-12(11)17-8-15(9-18)4-2-1-3-5-15/h6-7,17-18H,1-5,8-10H2. The Kier molecular flexibility index (Phi) is 3.94. The maximum atomic E-state index is 9.73. The number of nitrogens with one attached hydrogen (secondary N) is 1. The molecule has 20 heavy (non-hydrogen) atoms. The summed E-state index contributed by atoms with van der Waals surface area (Å²) in [6.07, 6.45) is 5.79. The largest absolute Gasteiger partial charge is 0.454 e. The fourth-order valence-electron chi connectivity index (χ4n) is 3.03. The summed E-state index contributed by atoms with van der Waals surface area (Å²) < 4.78 is 10.7. The van der Waals surface area contributed by atoms with Gasteiger partial charge in [-0.3, -0.25) is 0 Å². The van der Waals surface area contributed by atoms with Crippen LogP contribution in [0.4, 0.5) is 5.69 Å². The van der Waals surface area contributed by atoms with Crippen molar-refractivity contribution in [2.45, 2.75) is 32.1 Å². The van der Waals surface area contributed by atoms with Crippen LogP contribution in [0.25, 0.3) is 0 Å². The van der Waals surface area contributed by atoms with Crippen LogP contribution < -0.4 is 14.8 Å². The van der Waals surface area contributed by atoms with Crippen LogP contribution in [0.5, 0.6) is 11.5 Å². The summed E-state index contributed by atoms with van der Waals surface area (Å²) in [5, 5.41) is 13.7. The topological polar surface area (TPSA) is 50.7 Å². The summed E-state index contributed by atoms with van der Waals surface area (Å²) in [5.74, 6) is 1.41. The molecule has 0 unspecified atom stereocenters. The highest BCUT2D eigenvalue weighted by Crippen LogP contribution is 2.41. The second-order valence-corrected chi connectivity index (χ2v) is 6.16. The fraction of sp³-hybridized carbons (Fsp3) is 0.600. The van der Waals surface area contributed by atoms with Crippen molar-refractivity contribution in [3.05, 3.63) is 17.2 Å². The first kappa shape index (κ1) is 13.8. The Labute approximate surface area is 124 Å². The molecule has 0 atom stereocenters. The van der Waals surface area contributed by atoms with Crippen LogP contribution in [-0.2, 0) is 0 Å². The van der Waals surface area contributed by atoms with Gasteiger partial charge in [0.1, 0.15) is 0 Å². The van der Waals surface area contributed by atoms with Gasteiger partial charge in [-0.05, 0) is 12.8 Å². The quantitative estimate of drug-likeness (QED) is 0.894. The first-order valence-electron chi connectivity index (χ1n) is 7.16. The first-order valence-corrected chi connectivity index (χ1v) is 7.54. The molecule has 2 N–H and O–H groups in total. The van der Waals surface area contributed by atoms with E-state index < -0.39 is 0 Å². The molecule has 1 saturated carbocycles. The molecule has 0 radical (unpaired) electrons. The molecule has 0 spiro atoms. The Morgan fingerprint density at radius 3 is 2.55 bits per heavy atom. The van der Waals surface area contributed by atoms with Crippen LogP contribution in [0.2, 0.25) is 5.02 Å². The van der Waals surface area contributed by atoms with Crippen LogP contribution in [0.1, 0.15) is 32.1 Å². The highest BCUT2D eigenvalue weighted by molar-refractivity contribution is 6.33. The zero-order chi connectivity index (χ0) is 14.0. The molecule has 0 saturated heterocycles. The zero-order valence-corrected chi connectivity index (χ0v) is 12.2. The SMILES string of the molecule is OCC1(CNc2cc3c(cc2Cl)OCO3)CCCCC1. The van der Waals surface area contributed by atoms with E-state index >= 15 is 0 Å². The van der Waals surface area contributed by atoms with Gasteiger partial charge in [-0.1, -0.05) is 30.9 Å². The van der Waals surface area contributed by atoms with Crippen molar-refractivity contribution in [1.29, 1.82) is 0 Å². The lowest BCUT2D eigenvalue weighted by Gasteiger charge is -2.36. The van der Waals surface area contributed by atoms with E-state index in [9.17, 15) is 5.11 Å². The first-order chi connectivity index (χ1) is 9.72. The minimum atomic E-state index is -0.0159. The van der Waals surface area contributed by atoms with E-state index in [0.717, 1.165) is 30.8 Å². The molecule has 1 fully saturated rings. The third-order valence-electron chi connectivity index (χ3n) is 4.37. The Balaban J connectivity index is 1.71. The smallest absolute Gasteiger partial charge is 0.231 e. The number of aliphatic hydroxyl groups excluding tert-OH is 1. The van der Waals surface area contributed by atoms with Crippen molar-refractivity contribution in [2.75, 3.05) is 25.3 Å². The van der Waals surface area contributed by atoms with Crippen LogP contribution in [0.15, 0.2) is 12.1 Å². The average molecular weight is 298 g/mol. The minimum Gasteiger partial charge on any atom is -0.454 e. The molecular formula is C15H20ClNO3. The molecule has 1 aromatic rings. The summed E-state index contributed by atoms with van der Waals surface area (Å²) in [6, 6.07) is 3.65. The van der Waals surface area contributed by atoms with Gasteiger partial charge in [-0.2, -0.15) is 0 Å². The van der Waals surface area contributed by atoms with Crippen LogP contribution in [0, 0.1) is 5.41 Å². The lowest BCUT2D eigenvalue weighted by atomic mass is 9.74. The van der Waals surface area contributed by atoms with Gasteiger partial charge < -0.3 is 19.9 Å². The molecule has 110 valence electrons. The van der Waals surface area contributed by atoms with E-state index in [-0.39, 0.29) is 18.8 Å². The Morgan fingerprint density at radius 2 is 1.85 bits per heavy atom. The Morgan fingerprint density at radius 1 is 1.15 bits per heavy atom. The van der Waals surface area contributed by atoms with Crippen molar-refractivity contribution in [1.82, 2.24) is 0 Å². The van der Waals surface area contributed by atoms with E-state index in [1.165, 1.54) is 19.3 Å². The zero-order valence-electron chi connectivity index (χ0n) is 11.5. The predicted molar refractivity (Wildman–Crippen MR) is 78.7 cm³/mol. The van der Waals surface area contributed by atoms with Crippen molar-refractivity contribution in [3.63, 3.8) is 0 Å². The lowest BCUT2D eigenvalue weighted by Crippen LogP contribution is -2.35. The summed E-state index contributed by atoms with van der Waals surface area (Å²) in [6.45, 7) is 1.21. The molecule has 2 aliphatic rings. The molecule has 0 aromatic heterocycles. The fourth-order valence-corrected chi connectivity index (χ4v) is 3.25. The summed E-state index contributed by atoms with van der Waals surface area (Å²) >= 11 is 6.25. The van der Waals surface area contributed by atoms with E-state index in [1.54, 1.807) is 6.07 Å². The van der Waals surface area contributed by atoms with Gasteiger partial charge in [0, 0.05) is 24.1 Å². The molecule has 3 rings (SSSR count). The molecule has 1 aliphatic carbocycles.